The van der Waals surface area contributed by atoms with Crippen molar-refractivity contribution in [2.75, 3.05) is 7.11 Å². The molecule has 2 aliphatic rings. The number of nitro groups is 1. The first-order chi connectivity index (χ1) is 12.4. The Kier molecular flexibility index (Phi) is 4.42. The fraction of sp³-hybridized carbons (Fsp3) is 0.412. The van der Waals surface area contributed by atoms with Crippen LogP contribution in [-0.2, 0) is 9.53 Å². The lowest BCUT2D eigenvalue weighted by Crippen LogP contribution is -2.43. The molecule has 0 amide bonds. The van der Waals surface area contributed by atoms with Crippen LogP contribution in [0.4, 0.5) is 5.69 Å². The molecular formula is C17H17N3O6. The van der Waals surface area contributed by atoms with Crippen molar-refractivity contribution in [1.29, 1.82) is 5.26 Å². The highest BCUT2D eigenvalue weighted by molar-refractivity contribution is 5.84. The zero-order valence-electron chi connectivity index (χ0n) is 14.0. The molecule has 1 aliphatic carbocycles. The van der Waals surface area contributed by atoms with Crippen LogP contribution in [0, 0.1) is 27.4 Å². The molecule has 0 unspecified atom stereocenters. The maximum Gasteiger partial charge on any atom is 0.314 e. The number of ketones is 1. The van der Waals surface area contributed by atoms with Gasteiger partial charge in [-0.05, 0) is 24.5 Å². The molecular weight excluding hydrogens is 342 g/mol. The van der Waals surface area contributed by atoms with Gasteiger partial charge in [-0.2, -0.15) is 5.26 Å². The number of aromatic hydroxyl groups is 1. The third kappa shape index (κ3) is 2.69. The van der Waals surface area contributed by atoms with Crippen LogP contribution >= 0.6 is 0 Å². The second-order valence-corrected chi connectivity index (χ2v) is 6.26. The zero-order chi connectivity index (χ0) is 19.0. The van der Waals surface area contributed by atoms with Gasteiger partial charge in [0, 0.05) is 18.4 Å². The van der Waals surface area contributed by atoms with Crippen molar-refractivity contribution in [3.05, 3.63) is 39.3 Å². The lowest BCUT2D eigenvalue weighted by molar-refractivity contribution is -0.386. The summed E-state index contributed by atoms with van der Waals surface area (Å²) in [6.07, 6.45) is 1.11. The number of methoxy groups -OCH3 is 1. The fourth-order valence-corrected chi connectivity index (χ4v) is 3.71. The highest BCUT2D eigenvalue weighted by Crippen LogP contribution is 2.48. The Morgan fingerprint density at radius 3 is 2.85 bits per heavy atom. The van der Waals surface area contributed by atoms with E-state index in [2.05, 4.69) is 0 Å². The predicted octanol–water partition coefficient (Wildman–Crippen LogP) is 1.85. The molecule has 136 valence electrons. The largest absolute Gasteiger partial charge is 0.500 e. The number of rotatable bonds is 3. The third-order valence-electron chi connectivity index (χ3n) is 4.87. The molecule has 1 saturated carbocycles. The summed E-state index contributed by atoms with van der Waals surface area (Å²) < 4.78 is 10.6. The van der Waals surface area contributed by atoms with Gasteiger partial charge in [0.2, 0.25) is 5.75 Å². The van der Waals surface area contributed by atoms with Crippen molar-refractivity contribution in [3.8, 4) is 17.6 Å². The first-order valence-electron chi connectivity index (χ1n) is 8.03. The number of nitrogens with two attached hydrogens (primary N) is 1. The van der Waals surface area contributed by atoms with Crippen LogP contribution in [0.5, 0.6) is 11.5 Å². The Morgan fingerprint density at radius 2 is 2.23 bits per heavy atom. The average molecular weight is 359 g/mol. The van der Waals surface area contributed by atoms with E-state index < -0.39 is 34.3 Å². The number of nitro benzene ring substituents is 1. The Hall–Kier alpha value is -3.28. The molecule has 1 fully saturated rings. The van der Waals surface area contributed by atoms with Crippen molar-refractivity contribution in [2.24, 2.45) is 11.7 Å². The summed E-state index contributed by atoms with van der Waals surface area (Å²) in [4.78, 5) is 23.1. The van der Waals surface area contributed by atoms with E-state index in [1.807, 2.05) is 6.07 Å². The number of phenols is 1. The molecule has 3 rings (SSSR count). The number of carbonyl (C=O) groups excluding carboxylic acids is 1. The highest BCUT2D eigenvalue weighted by atomic mass is 16.6. The van der Waals surface area contributed by atoms with Gasteiger partial charge in [0.25, 0.3) is 0 Å². The standard InChI is InChI=1S/C17H17N3O6/c1-25-13-6-8(5-10(16(13)22)20(23)24)14-9(7-18)17(19)26-12-4-2-3-11(21)15(12)14/h5-6,12,14-15,22H,2-4,19H2,1H3/t12-,14-,15+/m1/s1. The van der Waals surface area contributed by atoms with Gasteiger partial charge < -0.3 is 20.3 Å². The lowest BCUT2D eigenvalue weighted by atomic mass is 9.70. The van der Waals surface area contributed by atoms with E-state index in [1.54, 1.807) is 0 Å². The number of Topliss-reactive ketones (excluding diaryl/α,β-unsaturated/α-hetero) is 1. The van der Waals surface area contributed by atoms with Gasteiger partial charge in [-0.3, -0.25) is 14.9 Å². The van der Waals surface area contributed by atoms with Crippen LogP contribution in [0.2, 0.25) is 0 Å². The van der Waals surface area contributed by atoms with Crippen LogP contribution in [0.3, 0.4) is 0 Å². The van der Waals surface area contributed by atoms with Gasteiger partial charge in [0.05, 0.1) is 23.5 Å². The van der Waals surface area contributed by atoms with Gasteiger partial charge in [-0.25, -0.2) is 0 Å². The number of allylic oxidation sites excluding steroid dienone is 1. The van der Waals surface area contributed by atoms with E-state index in [0.717, 1.165) is 6.07 Å². The molecule has 9 nitrogen and oxygen atoms in total. The molecule has 3 N–H and O–H groups in total. The molecule has 26 heavy (non-hydrogen) atoms. The number of fused-ring (bicyclic) bond motifs is 1. The summed E-state index contributed by atoms with van der Waals surface area (Å²) in [5, 5.41) is 30.8. The van der Waals surface area contributed by atoms with Crippen LogP contribution in [0.1, 0.15) is 30.7 Å². The third-order valence-corrected chi connectivity index (χ3v) is 4.87. The predicted molar refractivity (Wildman–Crippen MR) is 88.1 cm³/mol. The Labute approximate surface area is 148 Å². The lowest BCUT2D eigenvalue weighted by Gasteiger charge is -2.40. The van der Waals surface area contributed by atoms with Crippen molar-refractivity contribution < 1.29 is 24.3 Å². The summed E-state index contributed by atoms with van der Waals surface area (Å²) in [6.45, 7) is 0. The minimum atomic E-state index is -0.792. The van der Waals surface area contributed by atoms with Crippen molar-refractivity contribution in [1.82, 2.24) is 0 Å². The number of phenolic OH excluding ortho intramolecular Hbond substituents is 1. The zero-order valence-corrected chi connectivity index (χ0v) is 14.0. The maximum atomic E-state index is 12.6. The van der Waals surface area contributed by atoms with E-state index in [-0.39, 0.29) is 23.0 Å². The number of nitrogens with zero attached hydrogens (tertiary/aromatic N) is 2. The molecule has 0 radical (unpaired) electrons. The maximum absolute atomic E-state index is 12.6. The average Bonchev–Trinajstić information content (AvgIpc) is 2.60. The topological polar surface area (TPSA) is 149 Å². The number of nitriles is 1. The van der Waals surface area contributed by atoms with E-state index in [9.17, 15) is 25.3 Å². The molecule has 0 bridgehead atoms. The minimum Gasteiger partial charge on any atom is -0.500 e. The number of hydrogen-bond donors (Lipinski definition) is 2. The van der Waals surface area contributed by atoms with E-state index in [4.69, 9.17) is 15.2 Å². The first kappa shape index (κ1) is 17.5. The van der Waals surface area contributed by atoms with E-state index in [0.29, 0.717) is 24.8 Å². The van der Waals surface area contributed by atoms with E-state index >= 15 is 0 Å². The summed E-state index contributed by atoms with van der Waals surface area (Å²) in [6, 6.07) is 4.50. The molecule has 0 spiro atoms. The second-order valence-electron chi connectivity index (χ2n) is 6.26. The monoisotopic (exact) mass is 359 g/mol. The Balaban J connectivity index is 2.23. The van der Waals surface area contributed by atoms with Crippen molar-refractivity contribution in [2.45, 2.75) is 31.3 Å². The highest BCUT2D eigenvalue weighted by Gasteiger charge is 2.46. The number of benzene rings is 1. The van der Waals surface area contributed by atoms with Gasteiger partial charge in [-0.1, -0.05) is 0 Å². The summed E-state index contributed by atoms with van der Waals surface area (Å²) in [5.74, 6) is -2.35. The molecule has 9 heteroatoms. The molecule has 0 aromatic heterocycles. The molecule has 1 heterocycles. The quantitative estimate of drug-likeness (QED) is 0.613. The molecule has 1 aliphatic heterocycles. The van der Waals surface area contributed by atoms with Crippen LogP contribution in [0.25, 0.3) is 0 Å². The summed E-state index contributed by atoms with van der Waals surface area (Å²) in [5.41, 5.74) is 5.66. The number of ether oxygens (including phenoxy) is 2. The molecule has 1 aromatic carbocycles. The SMILES string of the molecule is COc1cc([C@@H]2C(C#N)=C(N)O[C@@H]3CCCC(=O)[C@@H]32)cc([N+](=O)[O-])c1O. The van der Waals surface area contributed by atoms with Crippen LogP contribution in [0.15, 0.2) is 23.6 Å². The Morgan fingerprint density at radius 1 is 1.50 bits per heavy atom. The Bertz CT molecular complexity index is 857. The summed E-state index contributed by atoms with van der Waals surface area (Å²) in [7, 11) is 1.26. The molecule has 0 saturated heterocycles. The van der Waals surface area contributed by atoms with Gasteiger partial charge in [-0.15, -0.1) is 0 Å². The smallest absolute Gasteiger partial charge is 0.314 e. The van der Waals surface area contributed by atoms with Gasteiger partial charge in [0.1, 0.15) is 18.0 Å². The number of hydrogen-bond acceptors (Lipinski definition) is 8. The van der Waals surface area contributed by atoms with Crippen molar-refractivity contribution in [3.63, 3.8) is 0 Å². The second kappa shape index (κ2) is 6.55. The van der Waals surface area contributed by atoms with Gasteiger partial charge in [0.15, 0.2) is 11.6 Å². The molecule has 1 aromatic rings. The molecule has 3 atom stereocenters. The normalized spacial score (nSPS) is 25.1. The fourth-order valence-electron chi connectivity index (χ4n) is 3.71. The minimum absolute atomic E-state index is 0.0449. The van der Waals surface area contributed by atoms with Crippen LogP contribution in [-0.4, -0.2) is 29.0 Å². The van der Waals surface area contributed by atoms with Crippen molar-refractivity contribution >= 4 is 11.5 Å². The first-order valence-corrected chi connectivity index (χ1v) is 8.03. The van der Waals surface area contributed by atoms with Gasteiger partial charge >= 0.3 is 5.69 Å². The van der Waals surface area contributed by atoms with E-state index in [1.165, 1.54) is 13.2 Å². The van der Waals surface area contributed by atoms with Crippen LogP contribution < -0.4 is 10.5 Å². The number of carbonyl (C=O) groups is 1. The summed E-state index contributed by atoms with van der Waals surface area (Å²) >= 11 is 0.